The van der Waals surface area contributed by atoms with Crippen molar-refractivity contribution in [2.45, 2.75) is 50.0 Å². The number of allylic oxidation sites excluding steroid dienone is 1. The van der Waals surface area contributed by atoms with Crippen molar-refractivity contribution in [1.82, 2.24) is 4.90 Å². The number of fused-ring (bicyclic) bond motifs is 1. The number of esters is 2. The minimum Gasteiger partial charge on any atom is -0.459 e. The molecule has 3 saturated heterocycles. The number of epoxide rings is 1. The van der Waals surface area contributed by atoms with Gasteiger partial charge in [0.15, 0.2) is 5.60 Å². The number of aliphatic hydroxyl groups excluding tert-OH is 1. The highest BCUT2D eigenvalue weighted by Crippen LogP contribution is 2.52. The molecule has 4 heterocycles. The van der Waals surface area contributed by atoms with E-state index in [1.807, 2.05) is 6.08 Å². The standard InChI is InChI=1S/C18H23NO6/c1-3-11-8-18(10-20)17(2,25-18)16(22)23-9-12-4-6-19-7-5-13(14(12)19)24-15(11)21/h3-4,13-14,20H,5-10H2,1-2H3/b11-3+/t13-,14+,17?,18?/m1/s1. The Bertz CT molecular complexity index is 685. The van der Waals surface area contributed by atoms with Gasteiger partial charge in [-0.25, -0.2) is 9.59 Å². The quantitative estimate of drug-likeness (QED) is 0.316. The van der Waals surface area contributed by atoms with Gasteiger partial charge in [0.1, 0.15) is 18.3 Å². The Balaban J connectivity index is 1.67. The molecule has 4 atom stereocenters. The third-order valence-electron chi connectivity index (χ3n) is 6.00. The lowest BCUT2D eigenvalue weighted by Gasteiger charge is -2.26. The Hall–Kier alpha value is -1.70. The number of cyclic esters (lactones) is 1. The molecule has 0 aromatic carbocycles. The Labute approximate surface area is 146 Å². The van der Waals surface area contributed by atoms with Crippen molar-refractivity contribution in [2.24, 2.45) is 0 Å². The molecule has 4 rings (SSSR count). The zero-order valence-electron chi connectivity index (χ0n) is 14.5. The normalized spacial score (nSPS) is 42.7. The summed E-state index contributed by atoms with van der Waals surface area (Å²) in [6.45, 7) is 4.76. The SMILES string of the molecule is C/C=C1\CC2(CO)OC2(C)C(=O)OCC2=CCN3CC[C@@H](OC1=O)[C@H]23. The van der Waals surface area contributed by atoms with Gasteiger partial charge in [-0.3, -0.25) is 4.90 Å². The molecule has 7 heteroatoms. The summed E-state index contributed by atoms with van der Waals surface area (Å²) in [4.78, 5) is 27.5. The molecule has 0 saturated carbocycles. The highest BCUT2D eigenvalue weighted by Gasteiger charge is 2.73. The minimum atomic E-state index is -1.25. The van der Waals surface area contributed by atoms with Gasteiger partial charge < -0.3 is 19.3 Å². The fourth-order valence-electron chi connectivity index (χ4n) is 4.26. The molecule has 4 aliphatic rings. The Morgan fingerprint density at radius 3 is 2.96 bits per heavy atom. The monoisotopic (exact) mass is 349 g/mol. The highest BCUT2D eigenvalue weighted by atomic mass is 16.7. The lowest BCUT2D eigenvalue weighted by molar-refractivity contribution is -0.150. The van der Waals surface area contributed by atoms with Gasteiger partial charge >= 0.3 is 11.9 Å². The molecule has 0 bridgehead atoms. The van der Waals surface area contributed by atoms with E-state index in [1.165, 1.54) is 0 Å². The smallest absolute Gasteiger partial charge is 0.341 e. The van der Waals surface area contributed by atoms with E-state index in [-0.39, 0.29) is 31.8 Å². The van der Waals surface area contributed by atoms with E-state index in [0.29, 0.717) is 5.57 Å². The minimum absolute atomic E-state index is 0.0233. The van der Waals surface area contributed by atoms with Gasteiger partial charge in [0, 0.05) is 25.1 Å². The summed E-state index contributed by atoms with van der Waals surface area (Å²) in [6, 6.07) is -0.0233. The summed E-state index contributed by atoms with van der Waals surface area (Å²) in [5.74, 6) is -0.903. The van der Waals surface area contributed by atoms with E-state index in [9.17, 15) is 14.7 Å². The van der Waals surface area contributed by atoms with Crippen molar-refractivity contribution in [2.75, 3.05) is 26.3 Å². The maximum atomic E-state index is 12.7. The highest BCUT2D eigenvalue weighted by molar-refractivity contribution is 5.90. The zero-order chi connectivity index (χ0) is 17.8. The summed E-state index contributed by atoms with van der Waals surface area (Å²) >= 11 is 0. The molecule has 25 heavy (non-hydrogen) atoms. The molecule has 0 aliphatic carbocycles. The molecule has 0 spiro atoms. The first-order valence-corrected chi connectivity index (χ1v) is 8.71. The van der Waals surface area contributed by atoms with Gasteiger partial charge in [-0.05, 0) is 25.8 Å². The van der Waals surface area contributed by atoms with Gasteiger partial charge in [-0.2, -0.15) is 0 Å². The van der Waals surface area contributed by atoms with Gasteiger partial charge in [-0.15, -0.1) is 0 Å². The molecule has 0 amide bonds. The third-order valence-corrected chi connectivity index (χ3v) is 6.00. The van der Waals surface area contributed by atoms with Crippen LogP contribution in [-0.4, -0.2) is 71.6 Å². The van der Waals surface area contributed by atoms with Crippen LogP contribution in [0, 0.1) is 0 Å². The average molecular weight is 349 g/mol. The number of rotatable bonds is 1. The van der Waals surface area contributed by atoms with Crippen LogP contribution < -0.4 is 0 Å². The second kappa shape index (κ2) is 5.65. The van der Waals surface area contributed by atoms with Crippen molar-refractivity contribution in [3.8, 4) is 0 Å². The van der Waals surface area contributed by atoms with E-state index >= 15 is 0 Å². The van der Waals surface area contributed by atoms with Crippen LogP contribution in [0.2, 0.25) is 0 Å². The summed E-state index contributed by atoms with van der Waals surface area (Å²) in [5, 5.41) is 9.80. The molecule has 3 fully saturated rings. The number of aliphatic hydroxyl groups is 1. The molecule has 7 nitrogen and oxygen atoms in total. The molecule has 0 aromatic rings. The maximum absolute atomic E-state index is 12.7. The number of carbonyl (C=O) groups is 2. The second-order valence-corrected chi connectivity index (χ2v) is 7.31. The van der Waals surface area contributed by atoms with Crippen molar-refractivity contribution >= 4 is 11.9 Å². The van der Waals surface area contributed by atoms with E-state index in [4.69, 9.17) is 14.2 Å². The number of hydrogen-bond acceptors (Lipinski definition) is 7. The van der Waals surface area contributed by atoms with Crippen molar-refractivity contribution in [3.63, 3.8) is 0 Å². The number of nitrogens with zero attached hydrogens (tertiary/aromatic N) is 1. The molecule has 1 N–H and O–H groups in total. The molecule has 4 aliphatic heterocycles. The first-order chi connectivity index (χ1) is 11.9. The Morgan fingerprint density at radius 1 is 1.44 bits per heavy atom. The van der Waals surface area contributed by atoms with Gasteiger partial charge in [-0.1, -0.05) is 12.2 Å². The first kappa shape index (κ1) is 16.8. The predicted molar refractivity (Wildman–Crippen MR) is 86.6 cm³/mol. The number of hydrogen-bond donors (Lipinski definition) is 1. The predicted octanol–water partition coefficient (Wildman–Crippen LogP) is 0.326. The van der Waals surface area contributed by atoms with E-state index in [2.05, 4.69) is 4.90 Å². The summed E-state index contributed by atoms with van der Waals surface area (Å²) in [6.07, 6.45) is 4.34. The number of carbonyl (C=O) groups excluding carboxylic acids is 2. The fraction of sp³-hybridized carbons (Fsp3) is 0.667. The van der Waals surface area contributed by atoms with Crippen molar-refractivity contribution < 1.29 is 28.9 Å². The van der Waals surface area contributed by atoms with Crippen molar-refractivity contribution in [1.29, 1.82) is 0 Å². The van der Waals surface area contributed by atoms with E-state index in [1.54, 1.807) is 19.9 Å². The summed E-state index contributed by atoms with van der Waals surface area (Å²) in [7, 11) is 0. The molecular formula is C18H23NO6. The molecule has 136 valence electrons. The lowest BCUT2D eigenvalue weighted by atomic mass is 9.88. The second-order valence-electron chi connectivity index (χ2n) is 7.31. The molecule has 0 radical (unpaired) electrons. The van der Waals surface area contributed by atoms with Crippen LogP contribution in [0.5, 0.6) is 0 Å². The van der Waals surface area contributed by atoms with Crippen LogP contribution >= 0.6 is 0 Å². The van der Waals surface area contributed by atoms with Crippen LogP contribution in [0.4, 0.5) is 0 Å². The lowest BCUT2D eigenvalue weighted by Crippen LogP contribution is -2.40. The van der Waals surface area contributed by atoms with E-state index in [0.717, 1.165) is 25.1 Å². The Morgan fingerprint density at radius 2 is 2.24 bits per heavy atom. The number of ether oxygens (including phenoxy) is 3. The average Bonchev–Trinajstić information content (AvgIpc) is 2.90. The largest absolute Gasteiger partial charge is 0.459 e. The topological polar surface area (TPSA) is 88.6 Å². The van der Waals surface area contributed by atoms with Gasteiger partial charge in [0.05, 0.1) is 12.6 Å². The summed E-state index contributed by atoms with van der Waals surface area (Å²) < 4.78 is 16.9. The molecule has 2 unspecified atom stereocenters. The van der Waals surface area contributed by atoms with Crippen LogP contribution in [0.1, 0.15) is 26.7 Å². The zero-order valence-corrected chi connectivity index (χ0v) is 14.5. The van der Waals surface area contributed by atoms with Crippen LogP contribution in [0.25, 0.3) is 0 Å². The Kier molecular flexibility index (Phi) is 3.79. The molecule has 0 aromatic heterocycles. The third kappa shape index (κ3) is 2.37. The van der Waals surface area contributed by atoms with Crippen LogP contribution in [0.3, 0.4) is 0 Å². The van der Waals surface area contributed by atoms with Crippen LogP contribution in [0.15, 0.2) is 23.3 Å². The maximum Gasteiger partial charge on any atom is 0.341 e. The van der Waals surface area contributed by atoms with Crippen molar-refractivity contribution in [3.05, 3.63) is 23.3 Å². The van der Waals surface area contributed by atoms with Crippen LogP contribution in [-0.2, 0) is 23.8 Å². The molecular weight excluding hydrogens is 326 g/mol. The fourth-order valence-corrected chi connectivity index (χ4v) is 4.26. The van der Waals surface area contributed by atoms with Gasteiger partial charge in [0.2, 0.25) is 0 Å². The first-order valence-electron chi connectivity index (χ1n) is 8.71. The van der Waals surface area contributed by atoms with Gasteiger partial charge in [0.25, 0.3) is 0 Å². The van der Waals surface area contributed by atoms with E-state index < -0.39 is 23.1 Å². The summed E-state index contributed by atoms with van der Waals surface area (Å²) in [5.41, 5.74) is -1.00.